The van der Waals surface area contributed by atoms with Crippen molar-refractivity contribution in [3.8, 4) is 0 Å². The first kappa shape index (κ1) is 16.9. The number of carbonyl (C=O) groups excluding carboxylic acids is 2. The van der Waals surface area contributed by atoms with Crippen molar-refractivity contribution in [1.29, 1.82) is 0 Å². The monoisotopic (exact) mass is 320 g/mol. The predicted octanol–water partition coefficient (Wildman–Crippen LogP) is 2.66. The third-order valence-electron chi connectivity index (χ3n) is 4.25. The fourth-order valence-corrected chi connectivity index (χ4v) is 3.26. The molecule has 1 saturated heterocycles. The maximum atomic E-state index is 12.7. The zero-order valence-corrected chi connectivity index (χ0v) is 14.6. The van der Waals surface area contributed by atoms with Gasteiger partial charge in [-0.2, -0.15) is 0 Å². The van der Waals surface area contributed by atoms with E-state index < -0.39 is 0 Å². The Morgan fingerprint density at radius 1 is 1.23 bits per heavy atom. The van der Waals surface area contributed by atoms with Crippen LogP contribution in [0.25, 0.3) is 0 Å². The highest BCUT2D eigenvalue weighted by Gasteiger charge is 2.29. The van der Waals surface area contributed by atoms with Crippen molar-refractivity contribution >= 4 is 23.6 Å². The molecule has 0 N–H and O–H groups in total. The van der Waals surface area contributed by atoms with Gasteiger partial charge in [-0.1, -0.05) is 6.07 Å². The summed E-state index contributed by atoms with van der Waals surface area (Å²) in [6.07, 6.45) is 3.52. The maximum absolute atomic E-state index is 12.7. The summed E-state index contributed by atoms with van der Waals surface area (Å²) in [4.78, 5) is 29.4. The third kappa shape index (κ3) is 3.64. The molecule has 1 heterocycles. The van der Waals surface area contributed by atoms with Crippen LogP contribution in [0.2, 0.25) is 0 Å². The Hall–Kier alpha value is -1.49. The van der Waals surface area contributed by atoms with Crippen molar-refractivity contribution in [2.24, 2.45) is 5.92 Å². The second-order valence-electron chi connectivity index (χ2n) is 5.98. The number of carbonyl (C=O) groups is 2. The molecule has 22 heavy (non-hydrogen) atoms. The maximum Gasteiger partial charge on any atom is 0.254 e. The summed E-state index contributed by atoms with van der Waals surface area (Å²) in [7, 11) is 3.58. The van der Waals surface area contributed by atoms with Crippen LogP contribution >= 0.6 is 11.8 Å². The van der Waals surface area contributed by atoms with Crippen LogP contribution in [0.15, 0.2) is 23.1 Å². The highest BCUT2D eigenvalue weighted by molar-refractivity contribution is 7.98. The largest absolute Gasteiger partial charge is 0.349 e. The van der Waals surface area contributed by atoms with Gasteiger partial charge in [-0.05, 0) is 43.7 Å². The van der Waals surface area contributed by atoms with Gasteiger partial charge in [0.05, 0.1) is 0 Å². The molecule has 0 aromatic heterocycles. The lowest BCUT2D eigenvalue weighted by Gasteiger charge is -2.32. The van der Waals surface area contributed by atoms with Crippen molar-refractivity contribution in [3.63, 3.8) is 0 Å². The first-order valence-electron chi connectivity index (χ1n) is 7.59. The van der Waals surface area contributed by atoms with E-state index in [1.165, 1.54) is 0 Å². The summed E-state index contributed by atoms with van der Waals surface area (Å²) < 4.78 is 0. The van der Waals surface area contributed by atoms with Gasteiger partial charge in [-0.3, -0.25) is 9.59 Å². The van der Waals surface area contributed by atoms with Crippen molar-refractivity contribution in [2.45, 2.75) is 24.7 Å². The number of thioether (sulfide) groups is 1. The molecule has 0 saturated carbocycles. The second kappa shape index (κ2) is 7.18. The normalized spacial score (nSPS) is 15.7. The Balaban J connectivity index is 2.05. The number of benzene rings is 1. The number of hydrogen-bond donors (Lipinski definition) is 0. The van der Waals surface area contributed by atoms with Crippen molar-refractivity contribution in [3.05, 3.63) is 29.3 Å². The van der Waals surface area contributed by atoms with Crippen molar-refractivity contribution in [2.75, 3.05) is 33.4 Å². The molecule has 1 fully saturated rings. The lowest BCUT2D eigenvalue weighted by Crippen LogP contribution is -2.42. The Labute approximate surface area is 136 Å². The number of hydrogen-bond acceptors (Lipinski definition) is 3. The standard InChI is InChI=1S/C17H24N2O2S/c1-12-5-6-14(22-4)11-15(12)17(21)19-9-7-13(8-10-19)16(20)18(2)3/h5-6,11,13H,7-10H2,1-4H3. The average Bonchev–Trinajstić information content (AvgIpc) is 2.54. The van der Waals surface area contributed by atoms with Crippen molar-refractivity contribution in [1.82, 2.24) is 9.80 Å². The predicted molar refractivity (Wildman–Crippen MR) is 90.3 cm³/mol. The minimum absolute atomic E-state index is 0.0534. The summed E-state index contributed by atoms with van der Waals surface area (Å²) in [5.41, 5.74) is 1.79. The van der Waals surface area contributed by atoms with Crippen LogP contribution < -0.4 is 0 Å². The van der Waals surface area contributed by atoms with E-state index in [2.05, 4.69) is 0 Å². The summed E-state index contributed by atoms with van der Waals surface area (Å²) in [6.45, 7) is 3.29. The first-order valence-corrected chi connectivity index (χ1v) is 8.81. The number of aryl methyl sites for hydroxylation is 1. The molecule has 1 aliphatic rings. The van der Waals surface area contributed by atoms with Crippen LogP contribution in [0.4, 0.5) is 0 Å². The lowest BCUT2D eigenvalue weighted by molar-refractivity contribution is -0.134. The summed E-state index contributed by atoms with van der Waals surface area (Å²) >= 11 is 1.64. The van der Waals surface area contributed by atoms with E-state index in [9.17, 15) is 9.59 Å². The Morgan fingerprint density at radius 3 is 2.41 bits per heavy atom. The Bertz CT molecular complexity index is 564. The molecule has 2 amide bonds. The molecule has 0 radical (unpaired) electrons. The van der Waals surface area contributed by atoms with Crippen LogP contribution in [-0.2, 0) is 4.79 Å². The fraction of sp³-hybridized carbons (Fsp3) is 0.529. The Kier molecular flexibility index (Phi) is 5.51. The highest BCUT2D eigenvalue weighted by atomic mass is 32.2. The van der Waals surface area contributed by atoms with Gasteiger partial charge in [0.25, 0.3) is 5.91 Å². The van der Waals surface area contributed by atoms with Crippen LogP contribution in [0, 0.1) is 12.8 Å². The van der Waals surface area contributed by atoms with Gasteiger partial charge >= 0.3 is 0 Å². The fourth-order valence-electron chi connectivity index (χ4n) is 2.82. The summed E-state index contributed by atoms with van der Waals surface area (Å²) in [6, 6.07) is 6.01. The van der Waals surface area contributed by atoms with E-state index in [1.807, 2.05) is 36.3 Å². The summed E-state index contributed by atoms with van der Waals surface area (Å²) in [5, 5.41) is 0. The molecule has 0 bridgehead atoms. The molecule has 1 aromatic rings. The SMILES string of the molecule is CSc1ccc(C)c(C(=O)N2CCC(C(=O)N(C)C)CC2)c1. The van der Waals surface area contributed by atoms with Gasteiger partial charge in [-0.25, -0.2) is 0 Å². The van der Waals surface area contributed by atoms with E-state index in [1.54, 1.807) is 30.8 Å². The number of piperidine rings is 1. The number of rotatable bonds is 3. The van der Waals surface area contributed by atoms with Gasteiger partial charge in [0.15, 0.2) is 0 Å². The highest BCUT2D eigenvalue weighted by Crippen LogP contribution is 2.24. The second-order valence-corrected chi connectivity index (χ2v) is 6.86. The average molecular weight is 320 g/mol. The van der Waals surface area contributed by atoms with Crippen molar-refractivity contribution < 1.29 is 9.59 Å². The molecule has 120 valence electrons. The zero-order chi connectivity index (χ0) is 16.3. The van der Waals surface area contributed by atoms with Gasteiger partial charge in [0.1, 0.15) is 0 Å². The minimum Gasteiger partial charge on any atom is -0.349 e. The smallest absolute Gasteiger partial charge is 0.254 e. The molecule has 0 unspecified atom stereocenters. The quantitative estimate of drug-likeness (QED) is 0.804. The molecule has 0 spiro atoms. The molecular weight excluding hydrogens is 296 g/mol. The number of nitrogens with zero attached hydrogens (tertiary/aromatic N) is 2. The Morgan fingerprint density at radius 2 is 1.86 bits per heavy atom. The van der Waals surface area contributed by atoms with Gasteiger partial charge < -0.3 is 9.80 Å². The molecule has 1 aromatic carbocycles. The van der Waals surface area contributed by atoms with E-state index in [4.69, 9.17) is 0 Å². The van der Waals surface area contributed by atoms with E-state index in [0.29, 0.717) is 13.1 Å². The molecule has 5 heteroatoms. The van der Waals surface area contributed by atoms with Crippen LogP contribution in [0.5, 0.6) is 0 Å². The van der Waals surface area contributed by atoms with E-state index >= 15 is 0 Å². The lowest BCUT2D eigenvalue weighted by atomic mass is 9.94. The molecule has 2 rings (SSSR count). The number of amides is 2. The van der Waals surface area contributed by atoms with Crippen LogP contribution in [0.1, 0.15) is 28.8 Å². The minimum atomic E-state index is 0.0534. The first-order chi connectivity index (χ1) is 10.4. The van der Waals surface area contributed by atoms with Gasteiger partial charge in [0, 0.05) is 43.6 Å². The topological polar surface area (TPSA) is 40.6 Å². The van der Waals surface area contributed by atoms with E-state index in [-0.39, 0.29) is 17.7 Å². The molecule has 1 aliphatic heterocycles. The van der Waals surface area contributed by atoms with Gasteiger partial charge in [-0.15, -0.1) is 11.8 Å². The third-order valence-corrected chi connectivity index (χ3v) is 4.97. The molecule has 0 aliphatic carbocycles. The zero-order valence-electron chi connectivity index (χ0n) is 13.8. The van der Waals surface area contributed by atoms with Gasteiger partial charge in [0.2, 0.25) is 5.91 Å². The number of likely N-dealkylation sites (tertiary alicyclic amines) is 1. The van der Waals surface area contributed by atoms with Crippen LogP contribution in [0.3, 0.4) is 0 Å². The van der Waals surface area contributed by atoms with Crippen LogP contribution in [-0.4, -0.2) is 55.1 Å². The molecule has 4 nitrogen and oxygen atoms in total. The molecule has 0 atom stereocenters. The molecular formula is C17H24N2O2S. The summed E-state index contributed by atoms with van der Waals surface area (Å²) in [5.74, 6) is 0.314. The van der Waals surface area contributed by atoms with E-state index in [0.717, 1.165) is 28.9 Å².